The van der Waals surface area contributed by atoms with Gasteiger partial charge in [0.15, 0.2) is 5.16 Å². The molecule has 2 heterocycles. The van der Waals surface area contributed by atoms with E-state index in [0.29, 0.717) is 17.5 Å². The van der Waals surface area contributed by atoms with Crippen molar-refractivity contribution in [1.82, 2.24) is 9.97 Å². The lowest BCUT2D eigenvalue weighted by Crippen LogP contribution is -2.48. The van der Waals surface area contributed by atoms with Crippen molar-refractivity contribution in [3.63, 3.8) is 0 Å². The molecule has 4 N–H and O–H groups in total. The van der Waals surface area contributed by atoms with E-state index in [9.17, 15) is 5.11 Å². The minimum atomic E-state index is -0.189. The van der Waals surface area contributed by atoms with Crippen LogP contribution in [0.25, 0.3) is 0 Å². The quantitative estimate of drug-likeness (QED) is 0.309. The maximum Gasteiger partial charge on any atom is 0.191 e. The highest BCUT2D eigenvalue weighted by molar-refractivity contribution is 7.98. The number of ether oxygens (including phenoxy) is 1. The van der Waals surface area contributed by atoms with E-state index in [4.69, 9.17) is 10.6 Å². The normalized spacial score (nSPS) is 23.5. The SMILES string of the molecule is CSc1nc(NN)cc(N2CC(C)OC(CO)C2)n1. The maximum atomic E-state index is 9.25. The van der Waals surface area contributed by atoms with Crippen LogP contribution in [0.5, 0.6) is 0 Å². The number of nitrogens with zero attached hydrogens (tertiary/aromatic N) is 3. The van der Waals surface area contributed by atoms with Gasteiger partial charge >= 0.3 is 0 Å². The van der Waals surface area contributed by atoms with Crippen molar-refractivity contribution in [2.24, 2.45) is 5.84 Å². The summed E-state index contributed by atoms with van der Waals surface area (Å²) < 4.78 is 5.62. The summed E-state index contributed by atoms with van der Waals surface area (Å²) in [4.78, 5) is 10.8. The molecule has 0 bridgehead atoms. The number of thioether (sulfide) groups is 1. The number of nitrogens with one attached hydrogen (secondary N) is 1. The highest BCUT2D eigenvalue weighted by Crippen LogP contribution is 2.23. The second-order valence-electron chi connectivity index (χ2n) is 4.40. The van der Waals surface area contributed by atoms with Crippen molar-refractivity contribution < 1.29 is 9.84 Å². The molecular formula is C11H19N5O2S. The molecule has 2 unspecified atom stereocenters. The van der Waals surface area contributed by atoms with Gasteiger partial charge in [0.25, 0.3) is 0 Å². The molecule has 1 aromatic heterocycles. The van der Waals surface area contributed by atoms with Crippen molar-refractivity contribution in [2.45, 2.75) is 24.3 Å². The zero-order valence-corrected chi connectivity index (χ0v) is 11.9. The maximum absolute atomic E-state index is 9.25. The van der Waals surface area contributed by atoms with E-state index >= 15 is 0 Å². The van der Waals surface area contributed by atoms with Gasteiger partial charge in [-0.05, 0) is 13.2 Å². The van der Waals surface area contributed by atoms with E-state index in [1.54, 1.807) is 6.07 Å². The van der Waals surface area contributed by atoms with Gasteiger partial charge in [0.2, 0.25) is 0 Å². The summed E-state index contributed by atoms with van der Waals surface area (Å²) in [5.41, 5.74) is 2.55. The first-order valence-electron chi connectivity index (χ1n) is 6.07. The summed E-state index contributed by atoms with van der Waals surface area (Å²) in [7, 11) is 0. The molecule has 0 spiro atoms. The van der Waals surface area contributed by atoms with Crippen LogP contribution in [-0.4, -0.2) is 53.2 Å². The molecule has 1 aliphatic heterocycles. The minimum absolute atomic E-state index is 0.00328. The van der Waals surface area contributed by atoms with Crippen LogP contribution in [0, 0.1) is 0 Å². The van der Waals surface area contributed by atoms with Crippen LogP contribution >= 0.6 is 11.8 Å². The van der Waals surface area contributed by atoms with E-state index in [1.165, 1.54) is 11.8 Å². The summed E-state index contributed by atoms with van der Waals surface area (Å²) in [6.07, 6.45) is 1.77. The Hall–Kier alpha value is -1.09. The Kier molecular flexibility index (Phi) is 4.81. The average Bonchev–Trinajstić information content (AvgIpc) is 2.45. The molecule has 8 heteroatoms. The Morgan fingerprint density at radius 3 is 3.00 bits per heavy atom. The number of morpholine rings is 1. The number of hydrogen-bond donors (Lipinski definition) is 3. The number of hydrazine groups is 1. The van der Waals surface area contributed by atoms with Gasteiger partial charge < -0.3 is 20.2 Å². The average molecular weight is 285 g/mol. The number of aromatic nitrogens is 2. The molecule has 0 radical (unpaired) electrons. The predicted molar refractivity (Wildman–Crippen MR) is 75.3 cm³/mol. The first-order valence-corrected chi connectivity index (χ1v) is 7.29. The summed E-state index contributed by atoms with van der Waals surface area (Å²) in [5.74, 6) is 6.79. The number of aliphatic hydroxyl groups is 1. The molecule has 1 aromatic rings. The fourth-order valence-electron chi connectivity index (χ4n) is 2.07. The number of rotatable bonds is 4. The largest absolute Gasteiger partial charge is 0.394 e. The topological polar surface area (TPSA) is 96.5 Å². The number of aliphatic hydroxyl groups excluding tert-OH is 1. The van der Waals surface area contributed by atoms with Crippen molar-refractivity contribution >= 4 is 23.4 Å². The lowest BCUT2D eigenvalue weighted by Gasteiger charge is -2.36. The van der Waals surface area contributed by atoms with Gasteiger partial charge in [-0.1, -0.05) is 11.8 Å². The fourth-order valence-corrected chi connectivity index (χ4v) is 2.45. The van der Waals surface area contributed by atoms with Crippen molar-refractivity contribution in [1.29, 1.82) is 0 Å². The van der Waals surface area contributed by atoms with Gasteiger partial charge in [0, 0.05) is 19.2 Å². The lowest BCUT2D eigenvalue weighted by atomic mass is 10.2. The molecule has 1 saturated heterocycles. The number of anilines is 2. The molecule has 2 atom stereocenters. The van der Waals surface area contributed by atoms with Crippen molar-refractivity contribution in [3.8, 4) is 0 Å². The first kappa shape index (κ1) is 14.3. The van der Waals surface area contributed by atoms with Gasteiger partial charge in [0.1, 0.15) is 11.6 Å². The molecule has 1 fully saturated rings. The standard InChI is InChI=1S/C11H19N5O2S/c1-7-4-16(5-8(6-17)18-7)10-3-9(15-12)13-11(14-10)19-2/h3,7-8,17H,4-6,12H2,1-2H3,(H,13,14,15). The van der Waals surface area contributed by atoms with Gasteiger partial charge in [0.05, 0.1) is 18.8 Å². The molecule has 0 aliphatic carbocycles. The molecule has 0 saturated carbocycles. The second kappa shape index (κ2) is 6.38. The molecule has 2 rings (SSSR count). The van der Waals surface area contributed by atoms with Crippen LogP contribution in [0.1, 0.15) is 6.92 Å². The molecule has 0 aromatic carbocycles. The highest BCUT2D eigenvalue weighted by Gasteiger charge is 2.26. The Morgan fingerprint density at radius 1 is 1.58 bits per heavy atom. The van der Waals surface area contributed by atoms with Crippen LogP contribution < -0.4 is 16.2 Å². The third kappa shape index (κ3) is 3.47. The Bertz CT molecular complexity index is 411. The van der Waals surface area contributed by atoms with E-state index in [0.717, 1.165) is 12.4 Å². The smallest absolute Gasteiger partial charge is 0.191 e. The predicted octanol–water partition coefficient (Wildman–Crippen LogP) is 0.0701. The summed E-state index contributed by atoms with van der Waals surface area (Å²) in [6.45, 7) is 3.32. The van der Waals surface area contributed by atoms with Gasteiger partial charge in [-0.3, -0.25) is 0 Å². The fraction of sp³-hybridized carbons (Fsp3) is 0.636. The molecule has 19 heavy (non-hydrogen) atoms. The first-order chi connectivity index (χ1) is 9.16. The molecule has 1 aliphatic rings. The van der Waals surface area contributed by atoms with Gasteiger partial charge in [-0.2, -0.15) is 0 Å². The third-order valence-corrected chi connectivity index (χ3v) is 3.42. The second-order valence-corrected chi connectivity index (χ2v) is 5.17. The van der Waals surface area contributed by atoms with Crippen LogP contribution in [-0.2, 0) is 4.74 Å². The molecular weight excluding hydrogens is 266 g/mol. The van der Waals surface area contributed by atoms with Crippen LogP contribution in [0.2, 0.25) is 0 Å². The monoisotopic (exact) mass is 285 g/mol. The zero-order valence-electron chi connectivity index (χ0n) is 11.0. The molecule has 0 amide bonds. The van der Waals surface area contributed by atoms with Gasteiger partial charge in [-0.15, -0.1) is 0 Å². The number of hydrogen-bond acceptors (Lipinski definition) is 8. The zero-order chi connectivity index (χ0) is 13.8. The lowest BCUT2D eigenvalue weighted by molar-refractivity contribution is -0.0423. The molecule has 106 valence electrons. The van der Waals surface area contributed by atoms with Crippen molar-refractivity contribution in [2.75, 3.05) is 36.3 Å². The Morgan fingerprint density at radius 2 is 2.37 bits per heavy atom. The van der Waals surface area contributed by atoms with Crippen molar-refractivity contribution in [3.05, 3.63) is 6.07 Å². The van der Waals surface area contributed by atoms with E-state index in [2.05, 4.69) is 20.3 Å². The number of nitrogens with two attached hydrogens (primary N) is 1. The van der Waals surface area contributed by atoms with E-state index in [-0.39, 0.29) is 18.8 Å². The number of nitrogen functional groups attached to an aromatic ring is 1. The van der Waals surface area contributed by atoms with Gasteiger partial charge in [-0.25, -0.2) is 15.8 Å². The summed E-state index contributed by atoms with van der Waals surface area (Å²) in [6, 6.07) is 1.80. The highest BCUT2D eigenvalue weighted by atomic mass is 32.2. The van der Waals surface area contributed by atoms with Crippen LogP contribution in [0.15, 0.2) is 11.2 Å². The van der Waals surface area contributed by atoms with Crippen LogP contribution in [0.3, 0.4) is 0 Å². The Balaban J connectivity index is 2.24. The summed E-state index contributed by atoms with van der Waals surface area (Å²) in [5, 5.41) is 9.91. The van der Waals surface area contributed by atoms with Crippen LogP contribution in [0.4, 0.5) is 11.6 Å². The van der Waals surface area contributed by atoms with E-state index in [1.807, 2.05) is 13.2 Å². The Labute approximate surface area is 116 Å². The minimum Gasteiger partial charge on any atom is -0.394 e. The third-order valence-electron chi connectivity index (χ3n) is 2.88. The summed E-state index contributed by atoms with van der Waals surface area (Å²) >= 11 is 1.46. The van der Waals surface area contributed by atoms with E-state index < -0.39 is 0 Å². The molecule has 7 nitrogen and oxygen atoms in total.